The molecule has 2 aromatic heterocycles. The number of carbonyl (C=O) groups excluding carboxylic acids is 2. The van der Waals surface area contributed by atoms with Crippen LogP contribution in [0.15, 0.2) is 96.9 Å². The lowest BCUT2D eigenvalue weighted by molar-refractivity contribution is -0.112. The van der Waals surface area contributed by atoms with Gasteiger partial charge in [0, 0.05) is 49.8 Å². The molecule has 3 rings (SSSR count). The third-order valence-corrected chi connectivity index (χ3v) is 5.72. The molecule has 3 aromatic rings. The predicted molar refractivity (Wildman–Crippen MR) is 158 cm³/mol. The second-order valence-corrected chi connectivity index (χ2v) is 10.4. The molecule has 210 valence electrons. The molecule has 2 heterocycles. The lowest BCUT2D eigenvalue weighted by atomic mass is 10.1. The number of aromatic nitrogens is 2. The summed E-state index contributed by atoms with van der Waals surface area (Å²) in [6, 6.07) is 19.4. The monoisotopic (exact) mass is 541 g/mol. The summed E-state index contributed by atoms with van der Waals surface area (Å²) in [5.41, 5.74) is 3.81. The van der Waals surface area contributed by atoms with E-state index in [9.17, 15) is 9.59 Å². The summed E-state index contributed by atoms with van der Waals surface area (Å²) in [4.78, 5) is 35.6. The van der Waals surface area contributed by atoms with Crippen LogP contribution in [0.1, 0.15) is 44.6 Å². The Labute approximate surface area is 237 Å². The van der Waals surface area contributed by atoms with Gasteiger partial charge in [-0.25, -0.2) is 4.79 Å². The molecule has 0 aliphatic carbocycles. The zero-order valence-electron chi connectivity index (χ0n) is 23.8. The summed E-state index contributed by atoms with van der Waals surface area (Å²) < 4.78 is 5.24. The molecule has 0 atom stereocenters. The number of benzene rings is 1. The van der Waals surface area contributed by atoms with E-state index in [1.807, 2.05) is 99.7 Å². The topological polar surface area (TPSA) is 96.5 Å². The van der Waals surface area contributed by atoms with Gasteiger partial charge in [0.05, 0.1) is 11.4 Å². The third kappa shape index (κ3) is 11.6. The van der Waals surface area contributed by atoms with E-state index < -0.39 is 11.7 Å². The Balaban J connectivity index is 1.48. The maximum Gasteiger partial charge on any atom is 0.407 e. The zero-order chi connectivity index (χ0) is 28.8. The average molecular weight is 542 g/mol. The maximum absolute atomic E-state index is 12.7. The van der Waals surface area contributed by atoms with Gasteiger partial charge >= 0.3 is 6.09 Å². The molecule has 40 heavy (non-hydrogen) atoms. The van der Waals surface area contributed by atoms with Crippen molar-refractivity contribution in [3.05, 3.63) is 114 Å². The number of ether oxygens (including phenoxy) is 1. The first-order valence-electron chi connectivity index (χ1n) is 13.4. The molecular formula is C32H39N5O3. The first-order valence-corrected chi connectivity index (χ1v) is 13.4. The summed E-state index contributed by atoms with van der Waals surface area (Å²) in [6.07, 6.45) is 9.57. The zero-order valence-corrected chi connectivity index (χ0v) is 23.8. The highest BCUT2D eigenvalue weighted by Crippen LogP contribution is 2.12. The Kier molecular flexibility index (Phi) is 11.6. The van der Waals surface area contributed by atoms with Crippen LogP contribution in [-0.4, -0.2) is 45.6 Å². The van der Waals surface area contributed by atoms with Crippen LogP contribution in [0.3, 0.4) is 0 Å². The predicted octanol–water partition coefficient (Wildman–Crippen LogP) is 5.69. The number of alkyl carbamates (subject to hydrolysis) is 1. The number of amides is 2. The van der Waals surface area contributed by atoms with E-state index in [0.29, 0.717) is 43.9 Å². The first-order chi connectivity index (χ1) is 19.2. The largest absolute Gasteiger partial charge is 0.444 e. The van der Waals surface area contributed by atoms with Crippen LogP contribution >= 0.6 is 0 Å². The summed E-state index contributed by atoms with van der Waals surface area (Å²) >= 11 is 0. The van der Waals surface area contributed by atoms with E-state index in [2.05, 4.69) is 25.5 Å². The fraction of sp³-hybridized carbons (Fsp3) is 0.312. The number of nitrogens with zero attached hydrogens (tertiary/aromatic N) is 3. The molecule has 0 aliphatic rings. The van der Waals surface area contributed by atoms with Gasteiger partial charge < -0.3 is 15.4 Å². The molecule has 0 radical (unpaired) electrons. The third-order valence-electron chi connectivity index (χ3n) is 5.72. The Hall–Kier alpha value is -4.30. The number of hydrogen-bond acceptors (Lipinski definition) is 6. The first kappa shape index (κ1) is 30.2. The normalized spacial score (nSPS) is 12.0. The Bertz CT molecular complexity index is 1230. The van der Waals surface area contributed by atoms with Crippen molar-refractivity contribution >= 4 is 17.7 Å². The van der Waals surface area contributed by atoms with Crippen LogP contribution in [0.25, 0.3) is 0 Å². The van der Waals surface area contributed by atoms with Crippen LogP contribution in [-0.2, 0) is 29.0 Å². The van der Waals surface area contributed by atoms with Crippen LogP contribution in [0.2, 0.25) is 0 Å². The highest BCUT2D eigenvalue weighted by atomic mass is 16.6. The molecule has 0 fully saturated rings. The van der Waals surface area contributed by atoms with Gasteiger partial charge in [-0.1, -0.05) is 42.5 Å². The van der Waals surface area contributed by atoms with Crippen LogP contribution in [0.4, 0.5) is 10.5 Å². The molecule has 0 spiro atoms. The second kappa shape index (κ2) is 15.3. The Morgan fingerprint density at radius 2 is 1.55 bits per heavy atom. The minimum Gasteiger partial charge on any atom is -0.444 e. The van der Waals surface area contributed by atoms with Gasteiger partial charge in [-0.3, -0.25) is 19.7 Å². The number of hydrogen-bond donors (Lipinski definition) is 2. The molecule has 8 heteroatoms. The van der Waals surface area contributed by atoms with Crippen molar-refractivity contribution in [2.45, 2.75) is 52.8 Å². The summed E-state index contributed by atoms with van der Waals surface area (Å²) in [6.45, 7) is 9.81. The number of nitrogens with one attached hydrogen (secondary N) is 2. The SMILES string of the molecule is C/C(=C\C=C\CN(Cc1ccccn1)Cc1ccccn1)C(=O)Nc1ccc(CCNC(=O)OC(C)(C)C)cc1. The van der Waals surface area contributed by atoms with E-state index in [-0.39, 0.29) is 5.91 Å². The van der Waals surface area contributed by atoms with Crippen molar-refractivity contribution in [2.75, 3.05) is 18.4 Å². The lowest BCUT2D eigenvalue weighted by Gasteiger charge is -2.19. The number of rotatable bonds is 12. The fourth-order valence-corrected chi connectivity index (χ4v) is 3.73. The van der Waals surface area contributed by atoms with Crippen molar-refractivity contribution in [3.63, 3.8) is 0 Å². The minimum atomic E-state index is -0.521. The van der Waals surface area contributed by atoms with E-state index in [4.69, 9.17) is 4.74 Å². The van der Waals surface area contributed by atoms with E-state index in [1.165, 1.54) is 0 Å². The number of allylic oxidation sites excluding steroid dienone is 2. The molecule has 0 aliphatic heterocycles. The fourth-order valence-electron chi connectivity index (χ4n) is 3.73. The Morgan fingerprint density at radius 3 is 2.10 bits per heavy atom. The molecule has 0 saturated heterocycles. The van der Waals surface area contributed by atoms with Crippen LogP contribution < -0.4 is 10.6 Å². The number of anilines is 1. The van der Waals surface area contributed by atoms with E-state index in [0.717, 1.165) is 17.0 Å². The lowest BCUT2D eigenvalue weighted by Crippen LogP contribution is -2.33. The summed E-state index contributed by atoms with van der Waals surface area (Å²) in [5.74, 6) is -0.164. The van der Waals surface area contributed by atoms with Gasteiger partial charge in [0.15, 0.2) is 0 Å². The van der Waals surface area contributed by atoms with E-state index >= 15 is 0 Å². The molecule has 1 aromatic carbocycles. The van der Waals surface area contributed by atoms with Crippen LogP contribution in [0.5, 0.6) is 0 Å². The highest BCUT2D eigenvalue weighted by molar-refractivity contribution is 6.03. The number of carbonyl (C=O) groups is 2. The number of pyridine rings is 2. The molecule has 0 bridgehead atoms. The van der Waals surface area contributed by atoms with Gasteiger partial charge in [-0.05, 0) is 76.1 Å². The van der Waals surface area contributed by atoms with Crippen LogP contribution in [0, 0.1) is 0 Å². The molecule has 2 amide bonds. The van der Waals surface area contributed by atoms with E-state index in [1.54, 1.807) is 19.3 Å². The molecule has 8 nitrogen and oxygen atoms in total. The highest BCUT2D eigenvalue weighted by Gasteiger charge is 2.15. The maximum atomic E-state index is 12.7. The van der Waals surface area contributed by atoms with Gasteiger partial charge in [0.25, 0.3) is 5.91 Å². The van der Waals surface area contributed by atoms with Gasteiger partial charge in [-0.15, -0.1) is 0 Å². The molecule has 2 N–H and O–H groups in total. The smallest absolute Gasteiger partial charge is 0.407 e. The molecule has 0 unspecified atom stereocenters. The molecular weight excluding hydrogens is 502 g/mol. The molecule has 0 saturated carbocycles. The van der Waals surface area contributed by atoms with Gasteiger partial charge in [0.1, 0.15) is 5.60 Å². The van der Waals surface area contributed by atoms with Crippen molar-refractivity contribution in [1.29, 1.82) is 0 Å². The standard InChI is InChI=1S/C32H39N5O3/c1-25(30(38)36-27-16-14-26(15-17-27)18-21-35-31(39)40-32(2,3)4)11-7-10-22-37(23-28-12-5-8-19-33-28)24-29-13-6-9-20-34-29/h5-17,19-20H,18,21-24H2,1-4H3,(H,35,39)(H,36,38)/b10-7+,25-11+. The summed E-state index contributed by atoms with van der Waals surface area (Å²) in [7, 11) is 0. The minimum absolute atomic E-state index is 0.164. The summed E-state index contributed by atoms with van der Waals surface area (Å²) in [5, 5.41) is 5.68. The second-order valence-electron chi connectivity index (χ2n) is 10.4. The van der Waals surface area contributed by atoms with Crippen molar-refractivity contribution in [1.82, 2.24) is 20.2 Å². The quantitative estimate of drug-likeness (QED) is 0.226. The average Bonchev–Trinajstić information content (AvgIpc) is 2.92. The van der Waals surface area contributed by atoms with Gasteiger partial charge in [0.2, 0.25) is 0 Å². The van der Waals surface area contributed by atoms with Gasteiger partial charge in [-0.2, -0.15) is 0 Å². The Morgan fingerprint density at radius 1 is 0.925 bits per heavy atom. The van der Waals surface area contributed by atoms with Crippen molar-refractivity contribution < 1.29 is 14.3 Å². The van der Waals surface area contributed by atoms with Crippen molar-refractivity contribution in [2.24, 2.45) is 0 Å². The van der Waals surface area contributed by atoms with Crippen molar-refractivity contribution in [3.8, 4) is 0 Å².